The molecule has 4 aromatic heterocycles. The number of nitrogens with zero attached hydrogens (tertiary/aromatic N) is 3. The van der Waals surface area contributed by atoms with Gasteiger partial charge in [0.1, 0.15) is 11.3 Å². The van der Waals surface area contributed by atoms with E-state index in [0.29, 0.717) is 22.7 Å². The van der Waals surface area contributed by atoms with Crippen molar-refractivity contribution in [3.8, 4) is 16.9 Å². The molecule has 32 heavy (non-hydrogen) atoms. The van der Waals surface area contributed by atoms with Gasteiger partial charge in [-0.1, -0.05) is 16.8 Å². The van der Waals surface area contributed by atoms with E-state index in [1.807, 2.05) is 30.3 Å². The highest BCUT2D eigenvalue weighted by molar-refractivity contribution is 6.31. The molecule has 0 saturated heterocycles. The molecule has 0 radical (unpaired) electrons. The van der Waals surface area contributed by atoms with Gasteiger partial charge in [-0.05, 0) is 56.0 Å². The second kappa shape index (κ2) is 6.81. The predicted molar refractivity (Wildman–Crippen MR) is 120 cm³/mol. The first-order valence-corrected chi connectivity index (χ1v) is 11.2. The van der Waals surface area contributed by atoms with E-state index in [1.165, 1.54) is 5.56 Å². The van der Waals surface area contributed by atoms with Crippen molar-refractivity contribution in [2.45, 2.75) is 38.2 Å². The van der Waals surface area contributed by atoms with Gasteiger partial charge in [0, 0.05) is 46.1 Å². The Kier molecular flexibility index (Phi) is 3.88. The number of halogens is 1. The van der Waals surface area contributed by atoms with E-state index >= 15 is 0 Å². The molecule has 0 saturated carbocycles. The molecule has 1 aliphatic heterocycles. The third-order valence-electron chi connectivity index (χ3n) is 6.50. The maximum absolute atomic E-state index is 6.55. The molecular weight excluding hydrogens is 426 g/mol. The number of fused-ring (bicyclic) bond motifs is 5. The number of benzene rings is 1. The average molecular weight is 444 g/mol. The van der Waals surface area contributed by atoms with E-state index < -0.39 is 0 Å². The zero-order chi connectivity index (χ0) is 21.2. The summed E-state index contributed by atoms with van der Waals surface area (Å²) in [5.74, 6) is 1.66. The summed E-state index contributed by atoms with van der Waals surface area (Å²) in [6, 6.07) is 9.68. The lowest BCUT2D eigenvalue weighted by Crippen LogP contribution is -2.08. The molecule has 0 amide bonds. The SMILES string of the molecule is Clc1cc2c(c(-c3ccnc4c3oc3ncccc34)c1)O[C@@H](c1onc3c1CCCC3)C2. The molecule has 6 nitrogen and oxygen atoms in total. The predicted octanol–water partition coefficient (Wildman–Crippen LogP) is 6.24. The standard InChI is InChI=1S/C25H18ClN3O3/c26-14-10-13-11-20(23-16-4-1-2-6-19(16)29-32-23)30-22(13)18(12-14)15-7-9-27-21-17-5-3-8-28-25(17)31-24(15)21/h3,5,7-10,12,20H,1-2,4,6,11H2/t20-/m1/s1. The highest BCUT2D eigenvalue weighted by atomic mass is 35.5. The molecule has 5 aromatic rings. The van der Waals surface area contributed by atoms with Gasteiger partial charge in [0.25, 0.3) is 0 Å². The Morgan fingerprint density at radius 1 is 1.00 bits per heavy atom. The summed E-state index contributed by atoms with van der Waals surface area (Å²) in [4.78, 5) is 8.89. The minimum Gasteiger partial charge on any atom is -0.481 e. The first kappa shape index (κ1) is 18.2. The van der Waals surface area contributed by atoms with Crippen LogP contribution >= 0.6 is 11.6 Å². The summed E-state index contributed by atoms with van der Waals surface area (Å²) >= 11 is 6.55. The van der Waals surface area contributed by atoms with Crippen LogP contribution in [0.2, 0.25) is 5.02 Å². The van der Waals surface area contributed by atoms with Crippen molar-refractivity contribution in [2.75, 3.05) is 0 Å². The zero-order valence-electron chi connectivity index (χ0n) is 17.1. The molecule has 1 aromatic carbocycles. The van der Waals surface area contributed by atoms with E-state index in [2.05, 4.69) is 15.1 Å². The lowest BCUT2D eigenvalue weighted by Gasteiger charge is -2.14. The Bertz CT molecular complexity index is 1520. The Labute approximate surface area is 188 Å². The number of furan rings is 1. The van der Waals surface area contributed by atoms with Gasteiger partial charge >= 0.3 is 0 Å². The normalized spacial score (nSPS) is 17.5. The van der Waals surface area contributed by atoms with E-state index in [-0.39, 0.29) is 6.10 Å². The minimum absolute atomic E-state index is 0.203. The smallest absolute Gasteiger partial charge is 0.228 e. The summed E-state index contributed by atoms with van der Waals surface area (Å²) in [6.07, 6.45) is 8.28. The molecule has 0 unspecified atom stereocenters. The van der Waals surface area contributed by atoms with Crippen LogP contribution in [-0.2, 0) is 19.3 Å². The molecule has 2 aliphatic rings. The van der Waals surface area contributed by atoms with E-state index in [4.69, 9.17) is 25.3 Å². The van der Waals surface area contributed by atoms with Gasteiger partial charge in [-0.25, -0.2) is 4.98 Å². The van der Waals surface area contributed by atoms with Crippen LogP contribution in [0.4, 0.5) is 0 Å². The second-order valence-electron chi connectivity index (χ2n) is 8.43. The number of ether oxygens (including phenoxy) is 1. The number of hydrogen-bond acceptors (Lipinski definition) is 6. The number of rotatable bonds is 2. The van der Waals surface area contributed by atoms with Crippen molar-refractivity contribution in [2.24, 2.45) is 0 Å². The first-order valence-electron chi connectivity index (χ1n) is 10.9. The topological polar surface area (TPSA) is 74.2 Å². The number of aryl methyl sites for hydroxylation is 1. The Balaban J connectivity index is 1.38. The van der Waals surface area contributed by atoms with Crippen LogP contribution in [0.5, 0.6) is 5.75 Å². The molecule has 0 spiro atoms. The van der Waals surface area contributed by atoms with E-state index in [1.54, 1.807) is 12.4 Å². The average Bonchev–Trinajstić information content (AvgIpc) is 3.52. The lowest BCUT2D eigenvalue weighted by molar-refractivity contribution is 0.189. The third-order valence-corrected chi connectivity index (χ3v) is 6.72. The van der Waals surface area contributed by atoms with Crippen molar-refractivity contribution in [3.05, 3.63) is 70.3 Å². The minimum atomic E-state index is -0.203. The lowest BCUT2D eigenvalue weighted by atomic mass is 9.93. The van der Waals surface area contributed by atoms with Crippen molar-refractivity contribution >= 4 is 33.8 Å². The summed E-state index contributed by atoms with van der Waals surface area (Å²) in [6.45, 7) is 0. The van der Waals surface area contributed by atoms with Crippen LogP contribution in [0.25, 0.3) is 33.3 Å². The molecule has 5 heterocycles. The van der Waals surface area contributed by atoms with Crippen LogP contribution in [0, 0.1) is 0 Å². The molecule has 1 aliphatic carbocycles. The van der Waals surface area contributed by atoms with Gasteiger partial charge in [0.2, 0.25) is 5.71 Å². The summed E-state index contributed by atoms with van der Waals surface area (Å²) in [5, 5.41) is 5.85. The van der Waals surface area contributed by atoms with Crippen LogP contribution < -0.4 is 4.74 Å². The van der Waals surface area contributed by atoms with Gasteiger partial charge in [-0.15, -0.1) is 0 Å². The van der Waals surface area contributed by atoms with Crippen LogP contribution in [0.1, 0.15) is 41.5 Å². The molecule has 0 bridgehead atoms. The van der Waals surface area contributed by atoms with Crippen molar-refractivity contribution in [1.29, 1.82) is 0 Å². The molecule has 158 valence electrons. The fourth-order valence-corrected chi connectivity index (χ4v) is 5.28. The molecule has 0 fully saturated rings. The van der Waals surface area contributed by atoms with Gasteiger partial charge in [0.15, 0.2) is 17.4 Å². The molecule has 1 atom stereocenters. The number of hydrogen-bond donors (Lipinski definition) is 0. The molecule has 7 heteroatoms. The third kappa shape index (κ3) is 2.62. The van der Waals surface area contributed by atoms with Gasteiger partial charge in [0.05, 0.1) is 11.1 Å². The number of aromatic nitrogens is 3. The van der Waals surface area contributed by atoms with E-state index in [0.717, 1.165) is 70.5 Å². The number of pyridine rings is 2. The largest absolute Gasteiger partial charge is 0.481 e. The monoisotopic (exact) mass is 443 g/mol. The maximum atomic E-state index is 6.55. The molecular formula is C25H18ClN3O3. The highest BCUT2D eigenvalue weighted by Gasteiger charge is 2.34. The van der Waals surface area contributed by atoms with Crippen molar-refractivity contribution < 1.29 is 13.7 Å². The van der Waals surface area contributed by atoms with Crippen molar-refractivity contribution in [3.63, 3.8) is 0 Å². The Hall–Kier alpha value is -3.38. The van der Waals surface area contributed by atoms with Gasteiger partial charge < -0.3 is 13.7 Å². The maximum Gasteiger partial charge on any atom is 0.228 e. The summed E-state index contributed by atoms with van der Waals surface area (Å²) in [5.41, 5.74) is 7.13. The van der Waals surface area contributed by atoms with E-state index in [9.17, 15) is 0 Å². The first-order chi connectivity index (χ1) is 15.8. The Morgan fingerprint density at radius 2 is 1.94 bits per heavy atom. The van der Waals surface area contributed by atoms with Crippen LogP contribution in [0.15, 0.2) is 51.7 Å². The van der Waals surface area contributed by atoms with Gasteiger partial charge in [-0.3, -0.25) is 4.98 Å². The Morgan fingerprint density at radius 3 is 2.91 bits per heavy atom. The second-order valence-corrected chi connectivity index (χ2v) is 8.86. The summed E-state index contributed by atoms with van der Waals surface area (Å²) < 4.78 is 18.4. The zero-order valence-corrected chi connectivity index (χ0v) is 17.9. The van der Waals surface area contributed by atoms with Crippen LogP contribution in [0.3, 0.4) is 0 Å². The summed E-state index contributed by atoms with van der Waals surface area (Å²) in [7, 11) is 0. The quantitative estimate of drug-likeness (QED) is 0.321. The fraction of sp³-hybridized carbons (Fsp3) is 0.240. The highest BCUT2D eigenvalue weighted by Crippen LogP contribution is 2.48. The van der Waals surface area contributed by atoms with Gasteiger partial charge in [-0.2, -0.15) is 0 Å². The van der Waals surface area contributed by atoms with Crippen molar-refractivity contribution in [1.82, 2.24) is 15.1 Å². The molecule has 7 rings (SSSR count). The molecule has 0 N–H and O–H groups in total. The van der Waals surface area contributed by atoms with Crippen LogP contribution in [-0.4, -0.2) is 15.1 Å². The fourth-order valence-electron chi connectivity index (χ4n) is 5.04.